The minimum Gasteiger partial charge on any atom is -0.316 e. The van der Waals surface area contributed by atoms with Crippen molar-refractivity contribution < 1.29 is 8.42 Å². The fraction of sp³-hybridized carbons (Fsp3) is 0.455. The molecule has 102 valence electrons. The lowest BCUT2D eigenvalue weighted by Crippen LogP contribution is -2.36. The average Bonchev–Trinajstić information content (AvgIpc) is 2.36. The van der Waals surface area contributed by atoms with E-state index in [0.29, 0.717) is 12.2 Å². The van der Waals surface area contributed by atoms with Crippen LogP contribution in [0.15, 0.2) is 30.3 Å². The van der Waals surface area contributed by atoms with Gasteiger partial charge in [-0.2, -0.15) is 15.9 Å². The molecule has 18 heavy (non-hydrogen) atoms. The monoisotopic (exact) mass is 306 g/mol. The first kappa shape index (κ1) is 15.8. The van der Waals surface area contributed by atoms with Crippen molar-refractivity contribution in [2.75, 3.05) is 12.0 Å². The van der Waals surface area contributed by atoms with Crippen LogP contribution in [0.4, 0.5) is 0 Å². The van der Waals surface area contributed by atoms with Gasteiger partial charge in [0.25, 0.3) is 0 Å². The zero-order valence-electron chi connectivity index (χ0n) is 10.2. The van der Waals surface area contributed by atoms with E-state index in [1.165, 1.54) is 0 Å². The topological polar surface area (TPSA) is 72.2 Å². The molecule has 1 rings (SSSR count). The van der Waals surface area contributed by atoms with Crippen LogP contribution in [0.1, 0.15) is 12.0 Å². The highest BCUT2D eigenvalue weighted by Crippen LogP contribution is 2.04. The summed E-state index contributed by atoms with van der Waals surface area (Å²) in [5.41, 5.74) is 6.68. The van der Waals surface area contributed by atoms with E-state index in [-0.39, 0.29) is 0 Å². The Kier molecular flexibility index (Phi) is 7.76. The number of rotatable bonds is 8. The molecule has 0 amide bonds. The van der Waals surface area contributed by atoms with Crippen LogP contribution in [0, 0.1) is 0 Å². The number of benzene rings is 1. The van der Waals surface area contributed by atoms with Crippen molar-refractivity contribution in [2.24, 2.45) is 5.73 Å². The van der Waals surface area contributed by atoms with E-state index < -0.39 is 27.3 Å². The predicted octanol–water partition coefficient (Wildman–Crippen LogP) is 1.14. The van der Waals surface area contributed by atoms with Crippen LogP contribution in [0.25, 0.3) is 0 Å². The highest BCUT2D eigenvalue weighted by atomic mass is 32.3. The molecule has 0 aromatic heterocycles. The highest BCUT2D eigenvalue weighted by molar-refractivity contribution is 7.99. The Labute approximate surface area is 117 Å². The first-order valence-electron chi connectivity index (χ1n) is 5.47. The molecule has 0 aliphatic heterocycles. The second-order valence-corrected chi connectivity index (χ2v) is 7.51. The van der Waals surface area contributed by atoms with Crippen LogP contribution < -0.4 is 9.86 Å². The lowest BCUT2D eigenvalue weighted by Gasteiger charge is -2.11. The Balaban J connectivity index is 2.38. The smallest absolute Gasteiger partial charge is 0.121 e. The van der Waals surface area contributed by atoms with Crippen LogP contribution in [0.5, 0.6) is 0 Å². The molecule has 0 aliphatic carbocycles. The van der Waals surface area contributed by atoms with Crippen LogP contribution >= 0.6 is 11.8 Å². The van der Waals surface area contributed by atoms with E-state index in [9.17, 15) is 8.42 Å². The lowest BCUT2D eigenvalue weighted by atomic mass is 10.2. The molecular weight excluding hydrogens is 288 g/mol. The van der Waals surface area contributed by atoms with E-state index >= 15 is 0 Å². The lowest BCUT2D eigenvalue weighted by molar-refractivity contribution is 0.660. The molecule has 1 aromatic carbocycles. The molecule has 0 saturated heterocycles. The van der Waals surface area contributed by atoms with Crippen LogP contribution in [-0.4, -0.2) is 25.8 Å². The molecule has 0 radical (unpaired) electrons. The number of thioether (sulfide) groups is 1. The Bertz CT molecular complexity index is 401. The molecule has 3 N–H and O–H groups in total. The van der Waals surface area contributed by atoms with Gasteiger partial charge < -0.3 is 5.73 Å². The molecule has 0 spiro atoms. The predicted molar refractivity (Wildman–Crippen MR) is 80.5 cm³/mol. The van der Waals surface area contributed by atoms with E-state index in [1.54, 1.807) is 11.8 Å². The van der Waals surface area contributed by atoms with Crippen molar-refractivity contribution in [3.05, 3.63) is 35.9 Å². The molecule has 1 aromatic rings. The maximum atomic E-state index is 11.7. The SMILES string of the molecule is CSCCC(N)S(=O)NS(=O)Cc1ccccc1. The molecule has 7 heteroatoms. The fourth-order valence-electron chi connectivity index (χ4n) is 1.25. The maximum Gasteiger partial charge on any atom is 0.121 e. The van der Waals surface area contributed by atoms with Gasteiger partial charge in [-0.3, -0.25) is 0 Å². The summed E-state index contributed by atoms with van der Waals surface area (Å²) in [6, 6.07) is 9.43. The molecule has 4 nitrogen and oxygen atoms in total. The molecule has 0 aliphatic rings. The Morgan fingerprint density at radius 3 is 2.61 bits per heavy atom. The normalized spacial score (nSPS) is 16.1. The molecule has 0 saturated carbocycles. The number of nitrogens with one attached hydrogen (secondary N) is 1. The van der Waals surface area contributed by atoms with E-state index in [0.717, 1.165) is 11.3 Å². The van der Waals surface area contributed by atoms with Gasteiger partial charge in [0.15, 0.2) is 0 Å². The zero-order valence-corrected chi connectivity index (χ0v) is 12.7. The molecule has 3 atom stereocenters. The van der Waals surface area contributed by atoms with Crippen molar-refractivity contribution in [2.45, 2.75) is 17.5 Å². The number of nitrogens with two attached hydrogens (primary N) is 1. The summed E-state index contributed by atoms with van der Waals surface area (Å²) < 4.78 is 26.0. The van der Waals surface area contributed by atoms with Crippen molar-refractivity contribution in [3.63, 3.8) is 0 Å². The second-order valence-electron chi connectivity index (χ2n) is 3.68. The third-order valence-corrected chi connectivity index (χ3v) is 5.62. The Morgan fingerprint density at radius 2 is 2.00 bits per heavy atom. The van der Waals surface area contributed by atoms with Gasteiger partial charge in [0.1, 0.15) is 22.0 Å². The van der Waals surface area contributed by atoms with Crippen molar-refractivity contribution in [1.29, 1.82) is 0 Å². The second kappa shape index (κ2) is 8.82. The highest BCUT2D eigenvalue weighted by Gasteiger charge is 2.13. The summed E-state index contributed by atoms with van der Waals surface area (Å²) in [5, 5.41) is -0.475. The van der Waals surface area contributed by atoms with Crippen LogP contribution in [0.2, 0.25) is 0 Å². The van der Waals surface area contributed by atoms with E-state index in [1.807, 2.05) is 36.6 Å². The van der Waals surface area contributed by atoms with E-state index in [4.69, 9.17) is 5.73 Å². The summed E-state index contributed by atoms with van der Waals surface area (Å²) in [6.45, 7) is 0. The third kappa shape index (κ3) is 6.10. The first-order valence-corrected chi connectivity index (χ1v) is 9.39. The van der Waals surface area contributed by atoms with Crippen molar-refractivity contribution >= 4 is 33.7 Å². The van der Waals surface area contributed by atoms with Crippen molar-refractivity contribution in [1.82, 2.24) is 4.13 Å². The van der Waals surface area contributed by atoms with Crippen LogP contribution in [0.3, 0.4) is 0 Å². The molecule has 0 heterocycles. The number of hydrogen-bond acceptors (Lipinski definition) is 4. The third-order valence-electron chi connectivity index (χ3n) is 2.20. The minimum absolute atomic E-state index is 0.335. The Hall–Kier alpha value is -0.210. The summed E-state index contributed by atoms with van der Waals surface area (Å²) >= 11 is 1.65. The zero-order chi connectivity index (χ0) is 13.4. The molecule has 3 unspecified atom stereocenters. The number of hydrogen-bond donors (Lipinski definition) is 2. The van der Waals surface area contributed by atoms with Gasteiger partial charge >= 0.3 is 0 Å². The average molecular weight is 306 g/mol. The van der Waals surface area contributed by atoms with Crippen molar-refractivity contribution in [3.8, 4) is 0 Å². The molecular formula is C11H18N2O2S3. The van der Waals surface area contributed by atoms with Gasteiger partial charge in [-0.15, -0.1) is 0 Å². The van der Waals surface area contributed by atoms with Gasteiger partial charge in [-0.1, -0.05) is 30.3 Å². The van der Waals surface area contributed by atoms with Crippen LogP contribution in [-0.2, 0) is 27.7 Å². The molecule has 0 fully saturated rings. The van der Waals surface area contributed by atoms with Gasteiger partial charge in [-0.25, -0.2) is 8.42 Å². The standard InChI is InChI=1S/C11H18N2O2S3/c1-16-8-7-11(12)18(15)13-17(14)9-10-5-3-2-4-6-10/h2-6,11,13H,7-9,12H2,1H3. The minimum atomic E-state index is -1.46. The van der Waals surface area contributed by atoms with E-state index in [2.05, 4.69) is 4.13 Å². The van der Waals surface area contributed by atoms with Gasteiger partial charge in [0, 0.05) is 0 Å². The quantitative estimate of drug-likeness (QED) is 0.755. The first-order chi connectivity index (χ1) is 8.63. The largest absolute Gasteiger partial charge is 0.316 e. The molecule has 0 bridgehead atoms. The summed E-state index contributed by atoms with van der Waals surface area (Å²) in [6.07, 6.45) is 2.61. The summed E-state index contributed by atoms with van der Waals surface area (Å²) in [7, 11) is -2.82. The summed E-state index contributed by atoms with van der Waals surface area (Å²) in [4.78, 5) is 0. The van der Waals surface area contributed by atoms with Gasteiger partial charge in [-0.05, 0) is 24.0 Å². The maximum absolute atomic E-state index is 11.7. The van der Waals surface area contributed by atoms with Gasteiger partial charge in [0.05, 0.1) is 11.1 Å². The fourth-order valence-corrected chi connectivity index (χ4v) is 4.18. The Morgan fingerprint density at radius 1 is 1.33 bits per heavy atom. The summed E-state index contributed by atoms with van der Waals surface area (Å²) in [5.74, 6) is 1.18. The van der Waals surface area contributed by atoms with Gasteiger partial charge in [0.2, 0.25) is 0 Å².